The minimum absolute atomic E-state index is 0.0469. The average Bonchev–Trinajstić information content (AvgIpc) is 3.02. The lowest BCUT2D eigenvalue weighted by molar-refractivity contribution is -0.120. The lowest BCUT2D eigenvalue weighted by Gasteiger charge is -2.11. The Labute approximate surface area is 137 Å². The van der Waals surface area contributed by atoms with Gasteiger partial charge < -0.3 is 10.1 Å². The van der Waals surface area contributed by atoms with Crippen molar-refractivity contribution in [1.29, 1.82) is 0 Å². The Hall–Kier alpha value is -2.30. The largest absolute Gasteiger partial charge is 0.471 e. The summed E-state index contributed by atoms with van der Waals surface area (Å²) in [7, 11) is 0. The number of nitrogens with one attached hydrogen (secondary N) is 1. The summed E-state index contributed by atoms with van der Waals surface area (Å²) in [5.41, 5.74) is 1.98. The number of hydrogen-bond acceptors (Lipinski definition) is 3. The van der Waals surface area contributed by atoms with Crippen molar-refractivity contribution in [2.75, 3.05) is 5.32 Å². The standard InChI is InChI=1S/C18H25N3O2/c1-4-14-7-9-17(10-8-14)23-13-21-12-16(11-19-21)20-18(22)15(5-2)6-3/h7-12,15H,4-6,13H2,1-3H3,(H,20,22). The number of carbonyl (C=O) groups excluding carboxylic acids is 1. The Bertz CT molecular complexity index is 615. The fourth-order valence-electron chi connectivity index (χ4n) is 2.36. The first-order chi connectivity index (χ1) is 11.2. The number of carbonyl (C=O) groups is 1. The van der Waals surface area contributed by atoms with Gasteiger partial charge in [-0.1, -0.05) is 32.9 Å². The number of amides is 1. The highest BCUT2D eigenvalue weighted by molar-refractivity contribution is 5.92. The normalized spacial score (nSPS) is 10.8. The second-order valence-electron chi connectivity index (χ2n) is 5.54. The Balaban J connectivity index is 1.87. The monoisotopic (exact) mass is 315 g/mol. The molecule has 0 atom stereocenters. The lowest BCUT2D eigenvalue weighted by Crippen LogP contribution is -2.21. The third kappa shape index (κ3) is 4.84. The number of anilines is 1. The van der Waals surface area contributed by atoms with Gasteiger partial charge in [0.05, 0.1) is 18.1 Å². The Morgan fingerprint density at radius 3 is 2.52 bits per heavy atom. The minimum Gasteiger partial charge on any atom is -0.471 e. The van der Waals surface area contributed by atoms with Crippen LogP contribution in [0.5, 0.6) is 5.75 Å². The van der Waals surface area contributed by atoms with E-state index < -0.39 is 0 Å². The van der Waals surface area contributed by atoms with E-state index in [2.05, 4.69) is 29.5 Å². The molecule has 2 rings (SSSR count). The van der Waals surface area contributed by atoms with Crippen LogP contribution in [0, 0.1) is 5.92 Å². The van der Waals surface area contributed by atoms with Crippen LogP contribution in [-0.4, -0.2) is 15.7 Å². The number of nitrogens with zero attached hydrogens (tertiary/aromatic N) is 2. The second kappa shape index (κ2) is 8.36. The van der Waals surface area contributed by atoms with Crippen molar-refractivity contribution in [2.45, 2.75) is 46.8 Å². The van der Waals surface area contributed by atoms with Gasteiger partial charge in [0.1, 0.15) is 5.75 Å². The topological polar surface area (TPSA) is 56.1 Å². The summed E-state index contributed by atoms with van der Waals surface area (Å²) in [5.74, 6) is 0.901. The van der Waals surface area contributed by atoms with E-state index in [4.69, 9.17) is 4.74 Å². The summed E-state index contributed by atoms with van der Waals surface area (Å²) in [5, 5.41) is 7.11. The fraction of sp³-hybridized carbons (Fsp3) is 0.444. The molecule has 0 saturated heterocycles. The van der Waals surface area contributed by atoms with Crippen LogP contribution in [0.3, 0.4) is 0 Å². The van der Waals surface area contributed by atoms with Gasteiger partial charge in [-0.3, -0.25) is 4.79 Å². The smallest absolute Gasteiger partial charge is 0.227 e. The lowest BCUT2D eigenvalue weighted by atomic mass is 10.0. The Morgan fingerprint density at radius 2 is 1.91 bits per heavy atom. The maximum atomic E-state index is 12.0. The molecule has 124 valence electrons. The van der Waals surface area contributed by atoms with Crippen molar-refractivity contribution < 1.29 is 9.53 Å². The van der Waals surface area contributed by atoms with Gasteiger partial charge >= 0.3 is 0 Å². The summed E-state index contributed by atoms with van der Waals surface area (Å²) >= 11 is 0. The molecule has 1 aromatic heterocycles. The highest BCUT2D eigenvalue weighted by atomic mass is 16.5. The van der Waals surface area contributed by atoms with Crippen molar-refractivity contribution in [1.82, 2.24) is 9.78 Å². The quantitative estimate of drug-likeness (QED) is 0.805. The van der Waals surface area contributed by atoms with Crippen LogP contribution in [0.15, 0.2) is 36.7 Å². The van der Waals surface area contributed by atoms with Gasteiger partial charge in [0.25, 0.3) is 0 Å². The summed E-state index contributed by atoms with van der Waals surface area (Å²) in [6, 6.07) is 8.02. The van der Waals surface area contributed by atoms with Crippen molar-refractivity contribution in [3.05, 3.63) is 42.2 Å². The molecule has 0 aliphatic rings. The van der Waals surface area contributed by atoms with E-state index in [1.165, 1.54) is 5.56 Å². The third-order valence-electron chi connectivity index (χ3n) is 3.95. The molecule has 1 heterocycles. The Kier molecular flexibility index (Phi) is 6.20. The summed E-state index contributed by atoms with van der Waals surface area (Å²) < 4.78 is 7.35. The molecule has 5 heteroatoms. The predicted octanol–water partition coefficient (Wildman–Crippen LogP) is 3.86. The van der Waals surface area contributed by atoms with E-state index in [1.54, 1.807) is 17.1 Å². The average molecular weight is 315 g/mol. The number of rotatable bonds is 8. The second-order valence-corrected chi connectivity index (χ2v) is 5.54. The van der Waals surface area contributed by atoms with Gasteiger partial charge in [0, 0.05) is 5.92 Å². The maximum absolute atomic E-state index is 12.0. The maximum Gasteiger partial charge on any atom is 0.227 e. The first-order valence-electron chi connectivity index (χ1n) is 8.21. The van der Waals surface area contributed by atoms with Crippen molar-refractivity contribution >= 4 is 11.6 Å². The zero-order valence-electron chi connectivity index (χ0n) is 14.1. The number of aryl methyl sites for hydroxylation is 1. The molecule has 0 unspecified atom stereocenters. The molecule has 0 bridgehead atoms. The molecule has 0 spiro atoms. The van der Waals surface area contributed by atoms with Crippen LogP contribution in [0.2, 0.25) is 0 Å². The third-order valence-corrected chi connectivity index (χ3v) is 3.95. The van der Waals surface area contributed by atoms with E-state index in [1.807, 2.05) is 26.0 Å². The summed E-state index contributed by atoms with van der Waals surface area (Å²) in [6.07, 6.45) is 6.12. The van der Waals surface area contributed by atoms with E-state index in [0.717, 1.165) is 25.0 Å². The van der Waals surface area contributed by atoms with Crippen LogP contribution in [0.25, 0.3) is 0 Å². The van der Waals surface area contributed by atoms with Crippen LogP contribution >= 0.6 is 0 Å². The van der Waals surface area contributed by atoms with E-state index >= 15 is 0 Å². The Morgan fingerprint density at radius 1 is 1.22 bits per heavy atom. The predicted molar refractivity (Wildman–Crippen MR) is 91.4 cm³/mol. The van der Waals surface area contributed by atoms with Crippen LogP contribution < -0.4 is 10.1 Å². The van der Waals surface area contributed by atoms with Gasteiger partial charge in [-0.15, -0.1) is 0 Å². The molecule has 23 heavy (non-hydrogen) atoms. The van der Waals surface area contributed by atoms with Gasteiger partial charge in [0.2, 0.25) is 5.91 Å². The SMILES string of the molecule is CCc1ccc(OCn2cc(NC(=O)C(CC)CC)cn2)cc1. The van der Waals surface area contributed by atoms with Crippen molar-refractivity contribution in [3.8, 4) is 5.75 Å². The minimum atomic E-state index is 0.0469. The molecule has 0 fully saturated rings. The number of aromatic nitrogens is 2. The summed E-state index contributed by atoms with van der Waals surface area (Å²) in [6.45, 7) is 6.48. The molecule has 1 amide bonds. The van der Waals surface area contributed by atoms with Gasteiger partial charge in [0.15, 0.2) is 6.73 Å². The molecular weight excluding hydrogens is 290 g/mol. The molecular formula is C18H25N3O2. The van der Waals surface area contributed by atoms with E-state index in [0.29, 0.717) is 12.4 Å². The summed E-state index contributed by atoms with van der Waals surface area (Å²) in [4.78, 5) is 12.0. The highest BCUT2D eigenvalue weighted by Crippen LogP contribution is 2.15. The number of hydrogen-bond donors (Lipinski definition) is 1. The molecule has 0 saturated carbocycles. The van der Waals surface area contributed by atoms with Gasteiger partial charge in [-0.2, -0.15) is 5.10 Å². The van der Waals surface area contributed by atoms with Gasteiger partial charge in [-0.25, -0.2) is 4.68 Å². The fourth-order valence-corrected chi connectivity index (χ4v) is 2.36. The van der Waals surface area contributed by atoms with E-state index in [9.17, 15) is 4.79 Å². The molecule has 1 aromatic carbocycles. The first-order valence-corrected chi connectivity index (χ1v) is 8.21. The molecule has 0 radical (unpaired) electrons. The number of benzene rings is 1. The first kappa shape index (κ1) is 17.1. The van der Waals surface area contributed by atoms with E-state index in [-0.39, 0.29) is 11.8 Å². The zero-order valence-corrected chi connectivity index (χ0v) is 14.1. The molecule has 5 nitrogen and oxygen atoms in total. The van der Waals surface area contributed by atoms with Crippen LogP contribution in [-0.2, 0) is 17.9 Å². The van der Waals surface area contributed by atoms with Crippen molar-refractivity contribution in [2.24, 2.45) is 5.92 Å². The molecule has 0 aliphatic carbocycles. The van der Waals surface area contributed by atoms with Crippen molar-refractivity contribution in [3.63, 3.8) is 0 Å². The van der Waals surface area contributed by atoms with Crippen LogP contribution in [0.1, 0.15) is 39.2 Å². The molecule has 0 aliphatic heterocycles. The zero-order chi connectivity index (χ0) is 16.7. The molecule has 2 aromatic rings. The molecule has 1 N–H and O–H groups in total. The van der Waals surface area contributed by atoms with Gasteiger partial charge in [-0.05, 0) is 37.0 Å². The van der Waals surface area contributed by atoms with Crippen LogP contribution in [0.4, 0.5) is 5.69 Å². The highest BCUT2D eigenvalue weighted by Gasteiger charge is 2.14. The number of ether oxygens (including phenoxy) is 1.